The molecule has 0 aromatic carbocycles. The van der Waals surface area contributed by atoms with Gasteiger partial charge < -0.3 is 4.42 Å². The van der Waals surface area contributed by atoms with E-state index in [0.717, 1.165) is 12.2 Å². The molecule has 0 radical (unpaired) electrons. The molecule has 0 saturated heterocycles. The first-order valence-electron chi connectivity index (χ1n) is 6.65. The Morgan fingerprint density at radius 2 is 1.82 bits per heavy atom. The molecular formula is C16H28O. The van der Waals surface area contributed by atoms with Crippen molar-refractivity contribution in [1.82, 2.24) is 0 Å². The molecule has 0 aliphatic rings. The van der Waals surface area contributed by atoms with Gasteiger partial charge in [-0.1, -0.05) is 52.8 Å². The third kappa shape index (κ3) is 7.62. The summed E-state index contributed by atoms with van der Waals surface area (Å²) in [5, 5.41) is 0. The molecule has 0 aliphatic carbocycles. The van der Waals surface area contributed by atoms with Crippen LogP contribution in [0.3, 0.4) is 0 Å². The van der Waals surface area contributed by atoms with Crippen molar-refractivity contribution in [3.05, 3.63) is 41.9 Å². The van der Waals surface area contributed by atoms with Crippen LogP contribution in [0.4, 0.5) is 0 Å². The van der Waals surface area contributed by atoms with Gasteiger partial charge in [0.25, 0.3) is 0 Å². The third-order valence-electron chi connectivity index (χ3n) is 2.00. The lowest BCUT2D eigenvalue weighted by Crippen LogP contribution is -1.73. The highest BCUT2D eigenvalue weighted by Gasteiger charge is 1.99. The Kier molecular flexibility index (Phi) is 13.7. The van der Waals surface area contributed by atoms with Gasteiger partial charge in [0.15, 0.2) is 0 Å². The molecule has 1 heteroatoms. The highest BCUT2D eigenvalue weighted by atomic mass is 16.3. The van der Waals surface area contributed by atoms with E-state index in [1.54, 1.807) is 0 Å². The summed E-state index contributed by atoms with van der Waals surface area (Å²) in [5.41, 5.74) is 2.41. The highest BCUT2D eigenvalue weighted by molar-refractivity contribution is 5.64. The van der Waals surface area contributed by atoms with Crippen LogP contribution in [0.2, 0.25) is 0 Å². The highest BCUT2D eigenvalue weighted by Crippen LogP contribution is 2.17. The molecule has 0 amide bonds. The largest absolute Gasteiger partial charge is 0.469 e. The lowest BCUT2D eigenvalue weighted by Gasteiger charge is -1.91. The number of hydrogen-bond acceptors (Lipinski definition) is 1. The van der Waals surface area contributed by atoms with Crippen LogP contribution in [0.5, 0.6) is 0 Å². The molecule has 0 saturated carbocycles. The minimum absolute atomic E-state index is 0.955. The number of allylic oxidation sites excluding steroid dienone is 4. The molecule has 0 unspecified atom stereocenters. The molecule has 0 bridgehead atoms. The number of aryl methyl sites for hydroxylation is 1. The Morgan fingerprint density at radius 1 is 1.24 bits per heavy atom. The summed E-state index contributed by atoms with van der Waals surface area (Å²) in [6.45, 7) is 14.2. The molecule has 1 aromatic rings. The van der Waals surface area contributed by atoms with Crippen LogP contribution in [0, 0.1) is 0 Å². The van der Waals surface area contributed by atoms with Gasteiger partial charge in [-0.25, -0.2) is 0 Å². The van der Waals surface area contributed by atoms with Crippen LogP contribution < -0.4 is 0 Å². The molecule has 0 aliphatic heterocycles. The standard InChI is InChI=1S/C12H16O.2C2H6/c1-4-6-7-10(3)11-8-12(5-2)13-9-11;2*1-2/h4,6-9H,5H2,1-3H3;2*1-2H3/b6-4-,10-7+;;. The monoisotopic (exact) mass is 236 g/mol. The van der Waals surface area contributed by atoms with Gasteiger partial charge in [-0.15, -0.1) is 0 Å². The molecule has 0 N–H and O–H groups in total. The summed E-state index contributed by atoms with van der Waals surface area (Å²) < 4.78 is 5.35. The summed E-state index contributed by atoms with van der Waals surface area (Å²) in [6.07, 6.45) is 8.91. The average molecular weight is 236 g/mol. The number of rotatable bonds is 3. The third-order valence-corrected chi connectivity index (χ3v) is 2.00. The van der Waals surface area contributed by atoms with E-state index in [9.17, 15) is 0 Å². The summed E-state index contributed by atoms with van der Waals surface area (Å²) in [5.74, 6) is 1.04. The van der Waals surface area contributed by atoms with Crippen molar-refractivity contribution < 1.29 is 4.42 Å². The van der Waals surface area contributed by atoms with Gasteiger partial charge in [-0.3, -0.25) is 0 Å². The van der Waals surface area contributed by atoms with Gasteiger partial charge in [0.2, 0.25) is 0 Å². The van der Waals surface area contributed by atoms with E-state index >= 15 is 0 Å². The van der Waals surface area contributed by atoms with Gasteiger partial charge in [0.1, 0.15) is 5.76 Å². The predicted octanol–water partition coefficient (Wildman–Crippen LogP) is 5.87. The number of hydrogen-bond donors (Lipinski definition) is 0. The van der Waals surface area contributed by atoms with Crippen LogP contribution in [-0.2, 0) is 6.42 Å². The summed E-state index contributed by atoms with van der Waals surface area (Å²) in [6, 6.07) is 2.09. The zero-order valence-electron chi connectivity index (χ0n) is 12.5. The molecule has 17 heavy (non-hydrogen) atoms. The van der Waals surface area contributed by atoms with Crippen molar-refractivity contribution in [3.8, 4) is 0 Å². The second-order valence-electron chi connectivity index (χ2n) is 3.03. The van der Waals surface area contributed by atoms with E-state index in [4.69, 9.17) is 4.42 Å². The van der Waals surface area contributed by atoms with E-state index in [1.165, 1.54) is 11.1 Å². The smallest absolute Gasteiger partial charge is 0.104 e. The Morgan fingerprint density at radius 3 is 2.24 bits per heavy atom. The molecule has 0 spiro atoms. The van der Waals surface area contributed by atoms with Gasteiger partial charge >= 0.3 is 0 Å². The molecular weight excluding hydrogens is 208 g/mol. The van der Waals surface area contributed by atoms with Crippen molar-refractivity contribution in [1.29, 1.82) is 0 Å². The fraction of sp³-hybridized carbons (Fsp3) is 0.500. The Balaban J connectivity index is 0. The fourth-order valence-corrected chi connectivity index (χ4v) is 1.11. The van der Waals surface area contributed by atoms with Crippen LogP contribution in [0.15, 0.2) is 35.0 Å². The quantitative estimate of drug-likeness (QED) is 0.598. The van der Waals surface area contributed by atoms with Crippen molar-refractivity contribution in [2.75, 3.05) is 0 Å². The maximum absolute atomic E-state index is 5.35. The van der Waals surface area contributed by atoms with Gasteiger partial charge in [0.05, 0.1) is 6.26 Å². The van der Waals surface area contributed by atoms with Gasteiger partial charge in [-0.2, -0.15) is 0 Å². The maximum Gasteiger partial charge on any atom is 0.104 e. The molecule has 98 valence electrons. The zero-order valence-corrected chi connectivity index (χ0v) is 12.5. The number of furan rings is 1. The topological polar surface area (TPSA) is 13.1 Å². The van der Waals surface area contributed by atoms with Crippen LogP contribution in [0.1, 0.15) is 59.8 Å². The first kappa shape index (κ1) is 18.1. The van der Waals surface area contributed by atoms with E-state index in [2.05, 4.69) is 26.0 Å². The molecule has 1 rings (SSSR count). The summed E-state index contributed by atoms with van der Waals surface area (Å²) in [7, 11) is 0. The van der Waals surface area contributed by atoms with Gasteiger partial charge in [-0.05, 0) is 25.5 Å². The van der Waals surface area contributed by atoms with Crippen molar-refractivity contribution in [2.24, 2.45) is 0 Å². The molecule has 1 heterocycles. The molecule has 0 atom stereocenters. The van der Waals surface area contributed by atoms with Gasteiger partial charge in [0, 0.05) is 12.0 Å². The normalized spacial score (nSPS) is 10.4. The van der Waals surface area contributed by atoms with E-state index in [-0.39, 0.29) is 0 Å². The Hall–Kier alpha value is -1.24. The lowest BCUT2D eigenvalue weighted by atomic mass is 10.1. The maximum atomic E-state index is 5.35. The average Bonchev–Trinajstić information content (AvgIpc) is 2.89. The van der Waals surface area contributed by atoms with Crippen molar-refractivity contribution in [2.45, 2.75) is 54.9 Å². The fourth-order valence-electron chi connectivity index (χ4n) is 1.11. The van der Waals surface area contributed by atoms with Crippen LogP contribution >= 0.6 is 0 Å². The van der Waals surface area contributed by atoms with Crippen molar-refractivity contribution >= 4 is 5.57 Å². The molecule has 0 fully saturated rings. The molecule has 1 nitrogen and oxygen atoms in total. The van der Waals surface area contributed by atoms with E-state index in [0.29, 0.717) is 0 Å². The van der Waals surface area contributed by atoms with E-state index in [1.807, 2.05) is 53.0 Å². The second-order valence-corrected chi connectivity index (χ2v) is 3.03. The van der Waals surface area contributed by atoms with Crippen molar-refractivity contribution in [3.63, 3.8) is 0 Å². The SMILES string of the molecule is C/C=C\C=C(/C)c1coc(CC)c1.CC.CC. The minimum atomic E-state index is 0.955. The predicted molar refractivity (Wildman–Crippen MR) is 79.2 cm³/mol. The van der Waals surface area contributed by atoms with E-state index < -0.39 is 0 Å². The Labute approximate surface area is 107 Å². The second kappa shape index (κ2) is 12.8. The first-order chi connectivity index (χ1) is 8.27. The summed E-state index contributed by atoms with van der Waals surface area (Å²) >= 11 is 0. The molecule has 1 aromatic heterocycles. The van der Waals surface area contributed by atoms with Crippen LogP contribution in [-0.4, -0.2) is 0 Å². The zero-order chi connectivity index (χ0) is 13.7. The lowest BCUT2D eigenvalue weighted by molar-refractivity contribution is 0.515. The minimum Gasteiger partial charge on any atom is -0.469 e. The Bertz CT molecular complexity index is 316. The van der Waals surface area contributed by atoms with Crippen LogP contribution in [0.25, 0.3) is 5.57 Å². The first-order valence-corrected chi connectivity index (χ1v) is 6.65. The summed E-state index contributed by atoms with van der Waals surface area (Å²) in [4.78, 5) is 0.